The summed E-state index contributed by atoms with van der Waals surface area (Å²) in [6, 6.07) is 9.26. The monoisotopic (exact) mass is 256 g/mol. The third-order valence-corrected chi connectivity index (χ3v) is 4.03. The van der Waals surface area contributed by atoms with E-state index in [1.807, 2.05) is 6.07 Å². The molecule has 0 bridgehead atoms. The lowest BCUT2D eigenvalue weighted by atomic mass is 10.0. The minimum absolute atomic E-state index is 0.366. The number of fused-ring (bicyclic) bond motifs is 3. The van der Waals surface area contributed by atoms with Gasteiger partial charge in [-0.05, 0) is 18.2 Å². The van der Waals surface area contributed by atoms with Crippen molar-refractivity contribution < 1.29 is 9.53 Å². The zero-order valence-electron chi connectivity index (χ0n) is 9.27. The Bertz CT molecular complexity index is 698. The molecule has 1 aliphatic rings. The van der Waals surface area contributed by atoms with Crippen LogP contribution in [0.15, 0.2) is 24.3 Å². The van der Waals surface area contributed by atoms with Crippen LogP contribution in [0.4, 0.5) is 0 Å². The van der Waals surface area contributed by atoms with Gasteiger partial charge in [0.25, 0.3) is 5.91 Å². The van der Waals surface area contributed by atoms with Crippen LogP contribution >= 0.6 is 11.3 Å². The fourth-order valence-corrected chi connectivity index (χ4v) is 3.04. The number of carbonyl (C=O) groups is 1. The molecule has 0 atom stereocenters. The summed E-state index contributed by atoms with van der Waals surface area (Å²) in [4.78, 5) is 12.7. The van der Waals surface area contributed by atoms with E-state index in [-0.39, 0.29) is 0 Å². The van der Waals surface area contributed by atoms with Gasteiger partial charge in [0.15, 0.2) is 0 Å². The molecule has 5 heteroatoms. The Kier molecular flexibility index (Phi) is 2.32. The van der Waals surface area contributed by atoms with Gasteiger partial charge in [-0.3, -0.25) is 4.79 Å². The highest BCUT2D eigenvalue weighted by molar-refractivity contribution is 7.17. The van der Waals surface area contributed by atoms with Crippen LogP contribution in [0, 0.1) is 11.3 Å². The van der Waals surface area contributed by atoms with Gasteiger partial charge >= 0.3 is 0 Å². The van der Waals surface area contributed by atoms with E-state index in [1.165, 1.54) is 11.3 Å². The Balaban J connectivity index is 2.23. The van der Waals surface area contributed by atoms with Gasteiger partial charge < -0.3 is 10.5 Å². The lowest BCUT2D eigenvalue weighted by molar-refractivity contribution is 0.100. The molecule has 2 aromatic rings. The van der Waals surface area contributed by atoms with E-state index in [0.29, 0.717) is 22.8 Å². The number of para-hydroxylation sites is 1. The Morgan fingerprint density at radius 3 is 3.06 bits per heavy atom. The van der Waals surface area contributed by atoms with E-state index < -0.39 is 5.91 Å². The van der Waals surface area contributed by atoms with E-state index >= 15 is 0 Å². The predicted octanol–water partition coefficient (Wildman–Crippen LogP) is 2.28. The lowest BCUT2D eigenvalue weighted by Crippen LogP contribution is -2.08. The molecular weight excluding hydrogens is 248 g/mol. The second-order valence-electron chi connectivity index (χ2n) is 3.91. The summed E-state index contributed by atoms with van der Waals surface area (Å²) in [5.74, 6) is 0.151. The quantitative estimate of drug-likeness (QED) is 0.850. The SMILES string of the molecule is N#Cc1cccc2c1OCc1cc(C(N)=O)sc1-2. The third kappa shape index (κ3) is 1.47. The van der Waals surface area contributed by atoms with Crippen molar-refractivity contribution in [3.63, 3.8) is 0 Å². The summed E-state index contributed by atoms with van der Waals surface area (Å²) < 4.78 is 5.60. The molecule has 0 fully saturated rings. The number of carbonyl (C=O) groups excluding carboxylic acids is 1. The van der Waals surface area contributed by atoms with Crippen LogP contribution in [0.25, 0.3) is 10.4 Å². The maximum atomic E-state index is 11.2. The molecular formula is C13H8N2O2S. The number of hydrogen-bond acceptors (Lipinski definition) is 4. The number of nitrogens with zero attached hydrogens (tertiary/aromatic N) is 1. The molecule has 3 rings (SSSR count). The van der Waals surface area contributed by atoms with Gasteiger partial charge in [0.2, 0.25) is 0 Å². The first-order valence-corrected chi connectivity index (χ1v) is 6.11. The van der Waals surface area contributed by atoms with Gasteiger partial charge in [-0.25, -0.2) is 0 Å². The number of hydrogen-bond donors (Lipinski definition) is 1. The minimum atomic E-state index is -0.438. The first kappa shape index (κ1) is 10.8. The van der Waals surface area contributed by atoms with Crippen molar-refractivity contribution in [2.24, 2.45) is 5.73 Å². The number of nitriles is 1. The van der Waals surface area contributed by atoms with Crippen molar-refractivity contribution in [2.45, 2.75) is 6.61 Å². The molecule has 0 unspecified atom stereocenters. The zero-order valence-corrected chi connectivity index (χ0v) is 10.1. The van der Waals surface area contributed by atoms with Crippen molar-refractivity contribution >= 4 is 17.2 Å². The Morgan fingerprint density at radius 1 is 1.50 bits per heavy atom. The highest BCUT2D eigenvalue weighted by Gasteiger charge is 2.23. The highest BCUT2D eigenvalue weighted by atomic mass is 32.1. The molecule has 18 heavy (non-hydrogen) atoms. The molecule has 1 aromatic heterocycles. The van der Waals surface area contributed by atoms with Gasteiger partial charge in [-0.2, -0.15) is 5.26 Å². The maximum Gasteiger partial charge on any atom is 0.258 e. The number of thiophene rings is 1. The Morgan fingerprint density at radius 2 is 2.33 bits per heavy atom. The maximum absolute atomic E-state index is 11.2. The van der Waals surface area contributed by atoms with Gasteiger partial charge in [-0.15, -0.1) is 11.3 Å². The summed E-state index contributed by atoms with van der Waals surface area (Å²) >= 11 is 1.34. The van der Waals surface area contributed by atoms with Crippen LogP contribution < -0.4 is 10.5 Å². The number of ether oxygens (including phenoxy) is 1. The predicted molar refractivity (Wildman–Crippen MR) is 67.3 cm³/mol. The van der Waals surface area contributed by atoms with E-state index in [4.69, 9.17) is 15.7 Å². The van der Waals surface area contributed by atoms with Gasteiger partial charge in [0.1, 0.15) is 18.4 Å². The molecule has 1 amide bonds. The molecule has 0 spiro atoms. The van der Waals surface area contributed by atoms with E-state index in [2.05, 4.69) is 6.07 Å². The lowest BCUT2D eigenvalue weighted by Gasteiger charge is -2.18. The van der Waals surface area contributed by atoms with Crippen LogP contribution in [0.5, 0.6) is 5.75 Å². The van der Waals surface area contributed by atoms with Crippen molar-refractivity contribution in [1.29, 1.82) is 5.26 Å². The first-order chi connectivity index (χ1) is 8.70. The van der Waals surface area contributed by atoms with Crippen molar-refractivity contribution in [1.82, 2.24) is 0 Å². The average Bonchev–Trinajstić information content (AvgIpc) is 2.82. The molecule has 0 radical (unpaired) electrons. The first-order valence-electron chi connectivity index (χ1n) is 5.29. The zero-order chi connectivity index (χ0) is 12.7. The molecule has 1 aliphatic heterocycles. The molecule has 0 aliphatic carbocycles. The van der Waals surface area contributed by atoms with Crippen LogP contribution in [-0.4, -0.2) is 5.91 Å². The van der Waals surface area contributed by atoms with Crippen LogP contribution in [0.1, 0.15) is 20.8 Å². The molecule has 0 saturated heterocycles. The molecule has 0 saturated carbocycles. The average molecular weight is 256 g/mol. The number of nitrogens with two attached hydrogens (primary N) is 1. The summed E-state index contributed by atoms with van der Waals surface area (Å²) in [5.41, 5.74) is 7.58. The van der Waals surface area contributed by atoms with Crippen LogP contribution in [0.2, 0.25) is 0 Å². The topological polar surface area (TPSA) is 76.1 Å². The van der Waals surface area contributed by atoms with Crippen molar-refractivity contribution in [2.75, 3.05) is 0 Å². The smallest absolute Gasteiger partial charge is 0.258 e. The van der Waals surface area contributed by atoms with Crippen molar-refractivity contribution in [3.05, 3.63) is 40.3 Å². The number of primary amides is 1. The fourth-order valence-electron chi connectivity index (χ4n) is 1.99. The Labute approximate surface area is 107 Å². The summed E-state index contributed by atoms with van der Waals surface area (Å²) in [6.07, 6.45) is 0. The number of amides is 1. The third-order valence-electron chi connectivity index (χ3n) is 2.80. The largest absolute Gasteiger partial charge is 0.487 e. The van der Waals surface area contributed by atoms with Crippen LogP contribution in [-0.2, 0) is 6.61 Å². The summed E-state index contributed by atoms with van der Waals surface area (Å²) in [7, 11) is 0. The van der Waals surface area contributed by atoms with Crippen molar-refractivity contribution in [3.8, 4) is 22.3 Å². The van der Waals surface area contributed by atoms with Gasteiger partial charge in [-0.1, -0.05) is 6.07 Å². The summed E-state index contributed by atoms with van der Waals surface area (Å²) in [5, 5.41) is 9.03. The minimum Gasteiger partial charge on any atom is -0.487 e. The molecule has 4 nitrogen and oxygen atoms in total. The normalized spacial score (nSPS) is 11.9. The molecule has 2 heterocycles. The second kappa shape index (κ2) is 3.86. The van der Waals surface area contributed by atoms with Gasteiger partial charge in [0, 0.05) is 16.0 Å². The van der Waals surface area contributed by atoms with Crippen LogP contribution in [0.3, 0.4) is 0 Å². The molecule has 2 N–H and O–H groups in total. The second-order valence-corrected chi connectivity index (χ2v) is 4.96. The standard InChI is InChI=1S/C13H8N2O2S/c14-5-7-2-1-3-9-11(7)17-6-8-4-10(13(15)16)18-12(8)9/h1-4H,6H2,(H2,15,16). The number of benzene rings is 1. The van der Waals surface area contributed by atoms with E-state index in [9.17, 15) is 4.79 Å². The summed E-state index contributed by atoms with van der Waals surface area (Å²) in [6.45, 7) is 0.366. The number of rotatable bonds is 1. The van der Waals surface area contributed by atoms with E-state index in [1.54, 1.807) is 18.2 Å². The molecule has 1 aromatic carbocycles. The Hall–Kier alpha value is -2.32. The fraction of sp³-hybridized carbons (Fsp3) is 0.0769. The molecule has 88 valence electrons. The van der Waals surface area contributed by atoms with Gasteiger partial charge in [0.05, 0.1) is 10.4 Å². The highest BCUT2D eigenvalue weighted by Crippen LogP contribution is 2.43. The van der Waals surface area contributed by atoms with E-state index in [0.717, 1.165) is 16.0 Å².